The van der Waals surface area contributed by atoms with Crippen LogP contribution in [0.1, 0.15) is 32.3 Å². The molecule has 0 spiro atoms. The lowest BCUT2D eigenvalue weighted by atomic mass is 9.94. The van der Waals surface area contributed by atoms with E-state index in [2.05, 4.69) is 10.3 Å². The number of H-pyrrole nitrogens is 1. The summed E-state index contributed by atoms with van der Waals surface area (Å²) < 4.78 is 5.29. The van der Waals surface area contributed by atoms with Crippen LogP contribution in [0.15, 0.2) is 24.4 Å². The van der Waals surface area contributed by atoms with E-state index in [0.717, 1.165) is 35.1 Å². The van der Waals surface area contributed by atoms with Gasteiger partial charge in [0.2, 0.25) is 5.91 Å². The van der Waals surface area contributed by atoms with Crippen molar-refractivity contribution in [3.63, 3.8) is 0 Å². The molecule has 1 heterocycles. The van der Waals surface area contributed by atoms with Crippen molar-refractivity contribution in [1.82, 2.24) is 10.3 Å². The Balaban J connectivity index is 2.03. The molecule has 1 amide bonds. The molecule has 2 N–H and O–H groups in total. The standard InChI is InChI=1S/C16H20N2O2/c1-10(2)18-15(19)16(6-7-16)13-9-17-14-5-4-11(20-3)8-12(13)14/h4-5,8-10,17H,6-7H2,1-3H3,(H,18,19). The molecule has 0 aliphatic heterocycles. The van der Waals surface area contributed by atoms with E-state index in [1.807, 2.05) is 38.2 Å². The maximum absolute atomic E-state index is 12.5. The van der Waals surface area contributed by atoms with Gasteiger partial charge >= 0.3 is 0 Å². The maximum atomic E-state index is 12.5. The molecular weight excluding hydrogens is 252 g/mol. The zero-order valence-electron chi connectivity index (χ0n) is 12.1. The van der Waals surface area contributed by atoms with Gasteiger partial charge in [-0.1, -0.05) is 0 Å². The molecule has 106 valence electrons. The van der Waals surface area contributed by atoms with Crippen LogP contribution in [0.5, 0.6) is 5.75 Å². The zero-order chi connectivity index (χ0) is 14.3. The van der Waals surface area contributed by atoms with E-state index in [9.17, 15) is 4.79 Å². The van der Waals surface area contributed by atoms with Gasteiger partial charge in [-0.15, -0.1) is 0 Å². The molecule has 0 radical (unpaired) electrons. The maximum Gasteiger partial charge on any atom is 0.230 e. The number of carbonyl (C=O) groups excluding carboxylic acids is 1. The monoisotopic (exact) mass is 272 g/mol. The summed E-state index contributed by atoms with van der Waals surface area (Å²) in [6.45, 7) is 3.98. The van der Waals surface area contributed by atoms with Crippen molar-refractivity contribution in [3.8, 4) is 5.75 Å². The predicted molar refractivity (Wildman–Crippen MR) is 79.0 cm³/mol. The minimum absolute atomic E-state index is 0.135. The molecule has 1 saturated carbocycles. The lowest BCUT2D eigenvalue weighted by Gasteiger charge is -2.17. The summed E-state index contributed by atoms with van der Waals surface area (Å²) in [5.41, 5.74) is 1.78. The summed E-state index contributed by atoms with van der Waals surface area (Å²) in [4.78, 5) is 15.7. The van der Waals surface area contributed by atoms with Crippen molar-refractivity contribution in [3.05, 3.63) is 30.0 Å². The van der Waals surface area contributed by atoms with E-state index in [0.29, 0.717) is 0 Å². The minimum Gasteiger partial charge on any atom is -0.497 e. The molecule has 4 heteroatoms. The van der Waals surface area contributed by atoms with Crippen LogP contribution >= 0.6 is 0 Å². The SMILES string of the molecule is COc1ccc2[nH]cc(C3(C(=O)NC(C)C)CC3)c2c1. The van der Waals surface area contributed by atoms with Gasteiger partial charge in [-0.3, -0.25) is 4.79 Å². The number of amides is 1. The van der Waals surface area contributed by atoms with E-state index >= 15 is 0 Å². The van der Waals surface area contributed by atoms with Crippen LogP contribution in [0.25, 0.3) is 10.9 Å². The van der Waals surface area contributed by atoms with Crippen LogP contribution in [0.4, 0.5) is 0 Å². The second-order valence-electron chi connectivity index (χ2n) is 5.82. The molecule has 0 atom stereocenters. The molecule has 1 aromatic heterocycles. The molecule has 1 aliphatic rings. The highest BCUT2D eigenvalue weighted by Gasteiger charge is 2.52. The Labute approximate surface area is 118 Å². The molecule has 0 unspecified atom stereocenters. The number of aromatic amines is 1. The summed E-state index contributed by atoms with van der Waals surface area (Å²) in [6.07, 6.45) is 3.79. The van der Waals surface area contributed by atoms with Gasteiger partial charge in [-0.2, -0.15) is 0 Å². The number of carbonyl (C=O) groups is 1. The summed E-state index contributed by atoms with van der Waals surface area (Å²) in [7, 11) is 1.66. The zero-order valence-corrected chi connectivity index (χ0v) is 12.1. The topological polar surface area (TPSA) is 54.1 Å². The van der Waals surface area contributed by atoms with Crippen molar-refractivity contribution in [2.45, 2.75) is 38.1 Å². The number of nitrogens with one attached hydrogen (secondary N) is 2. The Morgan fingerprint density at radius 1 is 1.40 bits per heavy atom. The summed E-state index contributed by atoms with van der Waals surface area (Å²) in [5.74, 6) is 0.953. The molecule has 20 heavy (non-hydrogen) atoms. The summed E-state index contributed by atoms with van der Waals surface area (Å²) >= 11 is 0. The predicted octanol–water partition coefficient (Wildman–Crippen LogP) is 2.73. The molecule has 1 fully saturated rings. The number of ether oxygens (including phenoxy) is 1. The fourth-order valence-electron chi connectivity index (χ4n) is 2.77. The smallest absolute Gasteiger partial charge is 0.230 e. The van der Waals surface area contributed by atoms with Gasteiger partial charge in [-0.25, -0.2) is 0 Å². The molecule has 2 aromatic rings. The first kappa shape index (κ1) is 13.0. The van der Waals surface area contributed by atoms with Crippen molar-refractivity contribution in [2.75, 3.05) is 7.11 Å². The van der Waals surface area contributed by atoms with Gasteiger partial charge in [0, 0.05) is 23.1 Å². The van der Waals surface area contributed by atoms with Crippen molar-refractivity contribution in [2.24, 2.45) is 0 Å². The van der Waals surface area contributed by atoms with Crippen molar-refractivity contribution in [1.29, 1.82) is 0 Å². The van der Waals surface area contributed by atoms with E-state index in [1.165, 1.54) is 0 Å². The third-order valence-corrected chi connectivity index (χ3v) is 4.01. The van der Waals surface area contributed by atoms with Crippen LogP contribution in [-0.2, 0) is 10.2 Å². The van der Waals surface area contributed by atoms with Gasteiger partial charge in [0.25, 0.3) is 0 Å². The quantitative estimate of drug-likeness (QED) is 0.899. The number of methoxy groups -OCH3 is 1. The largest absolute Gasteiger partial charge is 0.497 e. The lowest BCUT2D eigenvalue weighted by molar-refractivity contribution is -0.124. The molecule has 1 aliphatic carbocycles. The Kier molecular flexibility index (Phi) is 2.96. The first-order chi connectivity index (χ1) is 9.56. The highest BCUT2D eigenvalue weighted by Crippen LogP contribution is 2.51. The Hall–Kier alpha value is -1.97. The van der Waals surface area contributed by atoms with E-state index in [-0.39, 0.29) is 17.4 Å². The van der Waals surface area contributed by atoms with Crippen molar-refractivity contribution >= 4 is 16.8 Å². The molecular formula is C16H20N2O2. The van der Waals surface area contributed by atoms with Crippen LogP contribution in [0, 0.1) is 0 Å². The second kappa shape index (κ2) is 4.54. The van der Waals surface area contributed by atoms with Crippen LogP contribution < -0.4 is 10.1 Å². The summed E-state index contributed by atoms with van der Waals surface area (Å²) in [5, 5.41) is 4.13. The van der Waals surface area contributed by atoms with Crippen LogP contribution in [0.3, 0.4) is 0 Å². The average Bonchev–Trinajstić information content (AvgIpc) is 3.12. The fourth-order valence-corrected chi connectivity index (χ4v) is 2.77. The molecule has 0 saturated heterocycles. The van der Waals surface area contributed by atoms with Crippen molar-refractivity contribution < 1.29 is 9.53 Å². The number of benzene rings is 1. The van der Waals surface area contributed by atoms with Crippen LogP contribution in [-0.4, -0.2) is 24.0 Å². The Morgan fingerprint density at radius 2 is 2.15 bits per heavy atom. The number of aromatic nitrogens is 1. The molecule has 0 bridgehead atoms. The van der Waals surface area contributed by atoms with Gasteiger partial charge < -0.3 is 15.0 Å². The van der Waals surface area contributed by atoms with Gasteiger partial charge in [0.15, 0.2) is 0 Å². The molecule has 1 aromatic carbocycles. The minimum atomic E-state index is -0.352. The fraction of sp³-hybridized carbons (Fsp3) is 0.438. The van der Waals surface area contributed by atoms with E-state index in [4.69, 9.17) is 4.74 Å². The number of rotatable bonds is 4. The summed E-state index contributed by atoms with van der Waals surface area (Å²) in [6, 6.07) is 6.09. The normalized spacial score (nSPS) is 16.4. The number of fused-ring (bicyclic) bond motifs is 1. The first-order valence-corrected chi connectivity index (χ1v) is 7.03. The molecule has 3 rings (SSSR count). The highest BCUT2D eigenvalue weighted by atomic mass is 16.5. The lowest BCUT2D eigenvalue weighted by Crippen LogP contribution is -2.38. The first-order valence-electron chi connectivity index (χ1n) is 7.03. The Morgan fingerprint density at radius 3 is 2.75 bits per heavy atom. The van der Waals surface area contributed by atoms with Gasteiger partial charge in [0.05, 0.1) is 12.5 Å². The average molecular weight is 272 g/mol. The highest BCUT2D eigenvalue weighted by molar-refractivity contribution is 5.98. The number of hydrogen-bond acceptors (Lipinski definition) is 2. The van der Waals surface area contributed by atoms with Gasteiger partial charge in [-0.05, 0) is 50.5 Å². The van der Waals surface area contributed by atoms with Crippen LogP contribution in [0.2, 0.25) is 0 Å². The van der Waals surface area contributed by atoms with Gasteiger partial charge in [0.1, 0.15) is 5.75 Å². The third-order valence-electron chi connectivity index (χ3n) is 4.01. The van der Waals surface area contributed by atoms with E-state index < -0.39 is 0 Å². The second-order valence-corrected chi connectivity index (χ2v) is 5.82. The third kappa shape index (κ3) is 1.96. The Bertz CT molecular complexity index is 654. The number of hydrogen-bond donors (Lipinski definition) is 2. The van der Waals surface area contributed by atoms with E-state index in [1.54, 1.807) is 7.11 Å². The molecule has 4 nitrogen and oxygen atoms in total.